The zero-order valence-corrected chi connectivity index (χ0v) is 29.6. The monoisotopic (exact) mass is 682 g/mol. The molecule has 0 radical (unpaired) electrons. The first-order valence-electron chi connectivity index (χ1n) is 18.8. The molecule has 0 amide bonds. The Morgan fingerprint density at radius 1 is 0.204 bits per heavy atom. The van der Waals surface area contributed by atoms with Crippen molar-refractivity contribution in [2.24, 2.45) is 0 Å². The topological polar surface area (TPSA) is 0 Å². The molecule has 0 aliphatic rings. The minimum atomic E-state index is 1.22. The van der Waals surface area contributed by atoms with Gasteiger partial charge >= 0.3 is 0 Å². The number of benzene rings is 11. The average Bonchev–Trinajstić information content (AvgIpc) is 3.25. The Balaban J connectivity index is 1.11. The lowest BCUT2D eigenvalue weighted by atomic mass is 9.84. The summed E-state index contributed by atoms with van der Waals surface area (Å²) < 4.78 is 0. The average molecular weight is 683 g/mol. The molecule has 11 aromatic rings. The molecule has 0 saturated carbocycles. The fraction of sp³-hybridized carbons (Fsp3) is 0. The summed E-state index contributed by atoms with van der Waals surface area (Å²) in [5.74, 6) is 0. The molecule has 0 unspecified atom stereocenters. The van der Waals surface area contributed by atoms with E-state index in [1.165, 1.54) is 109 Å². The summed E-state index contributed by atoms with van der Waals surface area (Å²) in [6.45, 7) is 0. The van der Waals surface area contributed by atoms with E-state index in [0.29, 0.717) is 0 Å². The zero-order valence-electron chi connectivity index (χ0n) is 29.6. The largest absolute Gasteiger partial charge is 0.0616 e. The van der Waals surface area contributed by atoms with Gasteiger partial charge in [0.2, 0.25) is 0 Å². The van der Waals surface area contributed by atoms with Crippen LogP contribution in [-0.2, 0) is 0 Å². The van der Waals surface area contributed by atoms with Crippen molar-refractivity contribution in [1.29, 1.82) is 0 Å². The van der Waals surface area contributed by atoms with Crippen LogP contribution >= 0.6 is 0 Å². The van der Waals surface area contributed by atoms with Crippen molar-refractivity contribution in [2.45, 2.75) is 0 Å². The molecule has 0 aliphatic heterocycles. The standard InChI is InChI=1S/C54H34/c1-4-19-42-35(13-1)16-12-26-43(42)37-27-29-38(30-28-37)52-46-22-7-9-24-48(46)53(49-25-10-8-23-47(49)52)41-18-11-17-39(33-41)51-34-40-15-3-6-21-45(40)54-44-20-5-2-14-36(44)31-32-50(51)54/h1-34H. The summed E-state index contributed by atoms with van der Waals surface area (Å²) in [4.78, 5) is 0. The molecule has 0 aromatic heterocycles. The third kappa shape index (κ3) is 4.78. The molecular weight excluding hydrogens is 649 g/mol. The van der Waals surface area contributed by atoms with Crippen molar-refractivity contribution in [1.82, 2.24) is 0 Å². The molecule has 0 spiro atoms. The van der Waals surface area contributed by atoms with E-state index in [1.54, 1.807) is 0 Å². The van der Waals surface area contributed by atoms with Gasteiger partial charge < -0.3 is 0 Å². The Labute approximate surface area is 314 Å². The fourth-order valence-electron chi connectivity index (χ4n) is 9.00. The van der Waals surface area contributed by atoms with Crippen LogP contribution in [0.25, 0.3) is 109 Å². The van der Waals surface area contributed by atoms with Crippen molar-refractivity contribution in [3.63, 3.8) is 0 Å². The van der Waals surface area contributed by atoms with E-state index in [4.69, 9.17) is 0 Å². The summed E-state index contributed by atoms with van der Waals surface area (Å²) in [7, 11) is 0. The van der Waals surface area contributed by atoms with Crippen LogP contribution < -0.4 is 0 Å². The van der Waals surface area contributed by atoms with Crippen molar-refractivity contribution in [2.75, 3.05) is 0 Å². The van der Waals surface area contributed by atoms with E-state index in [0.717, 1.165) is 0 Å². The van der Waals surface area contributed by atoms with Crippen molar-refractivity contribution in [3.8, 4) is 44.5 Å². The van der Waals surface area contributed by atoms with E-state index in [-0.39, 0.29) is 0 Å². The molecule has 0 atom stereocenters. The fourth-order valence-corrected chi connectivity index (χ4v) is 9.00. The predicted molar refractivity (Wildman–Crippen MR) is 233 cm³/mol. The highest BCUT2D eigenvalue weighted by atomic mass is 14.2. The lowest BCUT2D eigenvalue weighted by Gasteiger charge is -2.19. The van der Waals surface area contributed by atoms with Crippen LogP contribution in [0.5, 0.6) is 0 Å². The molecule has 54 heavy (non-hydrogen) atoms. The molecule has 0 heteroatoms. The van der Waals surface area contributed by atoms with Gasteiger partial charge in [-0.25, -0.2) is 0 Å². The predicted octanol–water partition coefficient (Wildman–Crippen LogP) is 15.3. The number of rotatable bonds is 4. The van der Waals surface area contributed by atoms with Gasteiger partial charge in [-0.15, -0.1) is 0 Å². The molecule has 11 rings (SSSR count). The maximum atomic E-state index is 2.41. The van der Waals surface area contributed by atoms with Crippen molar-refractivity contribution >= 4 is 64.6 Å². The highest BCUT2D eigenvalue weighted by Crippen LogP contribution is 2.46. The summed E-state index contributed by atoms with van der Waals surface area (Å²) in [5.41, 5.74) is 9.96. The van der Waals surface area contributed by atoms with Crippen LogP contribution in [0.15, 0.2) is 206 Å². The smallest absolute Gasteiger partial charge is 0.00206 e. The molecule has 250 valence electrons. The van der Waals surface area contributed by atoms with E-state index < -0.39 is 0 Å². The Morgan fingerprint density at radius 3 is 1.33 bits per heavy atom. The van der Waals surface area contributed by atoms with Crippen LogP contribution in [0.2, 0.25) is 0 Å². The first kappa shape index (κ1) is 30.6. The minimum absolute atomic E-state index is 1.22. The van der Waals surface area contributed by atoms with Crippen LogP contribution in [0.3, 0.4) is 0 Å². The number of fused-ring (bicyclic) bond motifs is 8. The summed E-state index contributed by atoms with van der Waals surface area (Å²) in [6.07, 6.45) is 0. The molecule has 0 N–H and O–H groups in total. The molecule has 0 bridgehead atoms. The van der Waals surface area contributed by atoms with Gasteiger partial charge in [0.25, 0.3) is 0 Å². The van der Waals surface area contributed by atoms with Gasteiger partial charge in [0.05, 0.1) is 0 Å². The molecule has 0 aliphatic carbocycles. The first-order valence-corrected chi connectivity index (χ1v) is 18.8. The molecular formula is C54H34. The minimum Gasteiger partial charge on any atom is -0.0616 e. The van der Waals surface area contributed by atoms with E-state index in [9.17, 15) is 0 Å². The Kier molecular flexibility index (Phi) is 6.97. The molecule has 0 fully saturated rings. The maximum Gasteiger partial charge on any atom is -0.00206 e. The second kappa shape index (κ2) is 12.3. The maximum absolute atomic E-state index is 2.41. The summed E-state index contributed by atoms with van der Waals surface area (Å²) in [5, 5.41) is 15.3. The SMILES string of the molecule is c1cc(-c2c3ccccc3c(-c3ccc(-c4cccc5ccccc45)cc3)c3ccccc23)cc(-c2cc3ccccc3c3c2ccc2ccccc23)c1. The van der Waals surface area contributed by atoms with Gasteiger partial charge in [0.1, 0.15) is 0 Å². The van der Waals surface area contributed by atoms with Crippen molar-refractivity contribution in [3.05, 3.63) is 206 Å². The molecule has 0 heterocycles. The van der Waals surface area contributed by atoms with Crippen LogP contribution in [0.1, 0.15) is 0 Å². The second-order valence-corrected chi connectivity index (χ2v) is 14.4. The van der Waals surface area contributed by atoms with Crippen LogP contribution in [0, 0.1) is 0 Å². The summed E-state index contributed by atoms with van der Waals surface area (Å²) in [6, 6.07) is 76.1. The Bertz CT molecular complexity index is 3180. The summed E-state index contributed by atoms with van der Waals surface area (Å²) >= 11 is 0. The zero-order chi connectivity index (χ0) is 35.6. The van der Waals surface area contributed by atoms with Gasteiger partial charge in [0, 0.05) is 0 Å². The third-order valence-corrected chi connectivity index (χ3v) is 11.4. The first-order chi connectivity index (χ1) is 26.8. The highest BCUT2D eigenvalue weighted by molar-refractivity contribution is 6.25. The van der Waals surface area contributed by atoms with Crippen molar-refractivity contribution < 1.29 is 0 Å². The number of hydrogen-bond acceptors (Lipinski definition) is 0. The molecule has 11 aromatic carbocycles. The normalized spacial score (nSPS) is 11.7. The lowest BCUT2D eigenvalue weighted by molar-refractivity contribution is 1.63. The van der Waals surface area contributed by atoms with E-state index >= 15 is 0 Å². The van der Waals surface area contributed by atoms with Crippen LogP contribution in [0.4, 0.5) is 0 Å². The second-order valence-electron chi connectivity index (χ2n) is 14.4. The van der Waals surface area contributed by atoms with Gasteiger partial charge in [-0.3, -0.25) is 0 Å². The van der Waals surface area contributed by atoms with Gasteiger partial charge in [0.15, 0.2) is 0 Å². The third-order valence-electron chi connectivity index (χ3n) is 11.4. The molecule has 0 saturated heterocycles. The Morgan fingerprint density at radius 2 is 0.667 bits per heavy atom. The lowest BCUT2D eigenvalue weighted by Crippen LogP contribution is -1.92. The van der Waals surface area contributed by atoms with Crippen LogP contribution in [-0.4, -0.2) is 0 Å². The van der Waals surface area contributed by atoms with Gasteiger partial charge in [-0.2, -0.15) is 0 Å². The van der Waals surface area contributed by atoms with E-state index in [1.807, 2.05) is 0 Å². The van der Waals surface area contributed by atoms with Gasteiger partial charge in [-0.1, -0.05) is 194 Å². The highest BCUT2D eigenvalue weighted by Gasteiger charge is 2.18. The quantitative estimate of drug-likeness (QED) is 0.128. The van der Waals surface area contributed by atoms with E-state index in [2.05, 4.69) is 206 Å². The van der Waals surface area contributed by atoms with Gasteiger partial charge in [-0.05, 0) is 121 Å². The molecule has 0 nitrogen and oxygen atoms in total. The number of hydrogen-bond donors (Lipinski definition) is 0. The Hall–Kier alpha value is -7.02.